The number of hydrogen-bond donors (Lipinski definition) is 1. The lowest BCUT2D eigenvalue weighted by molar-refractivity contribution is -0.242. The third-order valence-corrected chi connectivity index (χ3v) is 7.22. The van der Waals surface area contributed by atoms with Crippen molar-refractivity contribution in [2.45, 2.75) is 43.5 Å². The quantitative estimate of drug-likeness (QED) is 0.560. The van der Waals surface area contributed by atoms with Gasteiger partial charge in [-0.15, -0.1) is 0 Å². The van der Waals surface area contributed by atoms with E-state index in [1.54, 1.807) is 12.1 Å². The van der Waals surface area contributed by atoms with Gasteiger partial charge in [-0.05, 0) is 17.5 Å². The van der Waals surface area contributed by atoms with Crippen molar-refractivity contribution in [2.24, 2.45) is 5.41 Å². The fourth-order valence-corrected chi connectivity index (χ4v) is 5.54. The molecule has 5 rings (SSSR count). The van der Waals surface area contributed by atoms with Gasteiger partial charge < -0.3 is 9.84 Å². The predicted octanol–water partition coefficient (Wildman–Crippen LogP) is 5.05. The first kappa shape index (κ1) is 20.8. The molecule has 2 fully saturated rings. The average molecular weight is 427 g/mol. The number of ketones is 2. The molecule has 0 aromatic heterocycles. The van der Waals surface area contributed by atoms with E-state index in [0.29, 0.717) is 12.0 Å². The zero-order valence-corrected chi connectivity index (χ0v) is 17.9. The van der Waals surface area contributed by atoms with Crippen LogP contribution in [0.15, 0.2) is 91.0 Å². The second-order valence-corrected chi connectivity index (χ2v) is 8.92. The molecule has 0 spiro atoms. The number of carbonyl (C=O) groups excluding carboxylic acids is 2. The molecule has 2 aliphatic rings. The molecule has 32 heavy (non-hydrogen) atoms. The Morgan fingerprint density at radius 2 is 1.38 bits per heavy atom. The zero-order chi connectivity index (χ0) is 22.2. The molecule has 3 aromatic rings. The molecule has 162 valence electrons. The minimum Gasteiger partial charge on any atom is -0.365 e. The lowest BCUT2D eigenvalue weighted by Crippen LogP contribution is -2.44. The first-order valence-electron chi connectivity index (χ1n) is 11.1. The summed E-state index contributed by atoms with van der Waals surface area (Å²) in [6, 6.07) is 28.6. The van der Waals surface area contributed by atoms with E-state index < -0.39 is 16.8 Å². The van der Waals surface area contributed by atoms with Gasteiger partial charge in [0.15, 0.2) is 11.6 Å². The van der Waals surface area contributed by atoms with E-state index >= 15 is 0 Å². The van der Waals surface area contributed by atoms with Crippen LogP contribution in [0.25, 0.3) is 0 Å². The fourth-order valence-electron chi connectivity index (χ4n) is 5.54. The third-order valence-electron chi connectivity index (χ3n) is 7.22. The summed E-state index contributed by atoms with van der Waals surface area (Å²) in [6.45, 7) is 0. The number of Topliss-reactive ketones (excluding diaryl/α,β-unsaturated/α-hetero) is 2. The average Bonchev–Trinajstić information content (AvgIpc) is 3.26. The van der Waals surface area contributed by atoms with Crippen molar-refractivity contribution in [2.75, 3.05) is 0 Å². The summed E-state index contributed by atoms with van der Waals surface area (Å²) in [7, 11) is 0. The number of ether oxygens (including phenoxy) is 1. The lowest BCUT2D eigenvalue weighted by Gasteiger charge is -2.33. The summed E-state index contributed by atoms with van der Waals surface area (Å²) < 4.78 is 6.57. The monoisotopic (exact) mass is 426 g/mol. The molecule has 3 aromatic carbocycles. The Kier molecular flexibility index (Phi) is 5.07. The van der Waals surface area contributed by atoms with Crippen molar-refractivity contribution < 1.29 is 19.4 Å². The van der Waals surface area contributed by atoms with Crippen LogP contribution >= 0.6 is 0 Å². The van der Waals surface area contributed by atoms with Crippen LogP contribution in [0.4, 0.5) is 0 Å². The van der Waals surface area contributed by atoms with Crippen molar-refractivity contribution in [3.8, 4) is 0 Å². The first-order valence-corrected chi connectivity index (χ1v) is 11.1. The molecule has 4 heteroatoms. The molecule has 1 aliphatic carbocycles. The molecule has 1 N–H and O–H groups in total. The molecule has 0 radical (unpaired) electrons. The summed E-state index contributed by atoms with van der Waals surface area (Å²) >= 11 is 0. The van der Waals surface area contributed by atoms with E-state index in [0.717, 1.165) is 11.1 Å². The van der Waals surface area contributed by atoms with Gasteiger partial charge >= 0.3 is 0 Å². The summed E-state index contributed by atoms with van der Waals surface area (Å²) in [5.74, 6) is -1.65. The van der Waals surface area contributed by atoms with E-state index in [-0.39, 0.29) is 37.2 Å². The van der Waals surface area contributed by atoms with Gasteiger partial charge in [-0.3, -0.25) is 9.59 Å². The topological polar surface area (TPSA) is 63.6 Å². The van der Waals surface area contributed by atoms with Crippen LogP contribution in [0.1, 0.15) is 53.6 Å². The maximum absolute atomic E-state index is 13.3. The number of aliphatic hydroxyl groups is 1. The fraction of sp³-hybridized carbons (Fsp3) is 0.286. The number of fused-ring (bicyclic) bond motifs is 1. The Morgan fingerprint density at radius 1 is 0.844 bits per heavy atom. The number of rotatable bonds is 6. The summed E-state index contributed by atoms with van der Waals surface area (Å²) in [5, 5.41) is 11.7. The van der Waals surface area contributed by atoms with Gasteiger partial charge in [0.2, 0.25) is 0 Å². The molecular weight excluding hydrogens is 400 g/mol. The normalized spacial score (nSPS) is 26.1. The van der Waals surface area contributed by atoms with E-state index in [1.807, 2.05) is 78.9 Å². The van der Waals surface area contributed by atoms with Gasteiger partial charge in [0.25, 0.3) is 0 Å². The van der Waals surface area contributed by atoms with Gasteiger partial charge in [-0.2, -0.15) is 0 Å². The van der Waals surface area contributed by atoms with E-state index in [1.165, 1.54) is 0 Å². The first-order chi connectivity index (χ1) is 15.5. The van der Waals surface area contributed by atoms with Crippen molar-refractivity contribution >= 4 is 11.6 Å². The molecule has 2 atom stereocenters. The van der Waals surface area contributed by atoms with E-state index in [9.17, 15) is 14.7 Å². The Bertz CT molecular complexity index is 1090. The zero-order valence-electron chi connectivity index (χ0n) is 17.9. The van der Waals surface area contributed by atoms with Crippen molar-refractivity contribution in [3.63, 3.8) is 0 Å². The standard InChI is InChI=1S/C28H26O4/c29-24(21-10-4-1-5-11-21)16-18-26-20-27(22-12-6-2-7-13-22,23-14-8-3-9-15-23)32-28(26,31)19-17-25(26)30/h1-15,31H,16-20H2. The second kappa shape index (κ2) is 7.80. The van der Waals surface area contributed by atoms with E-state index in [4.69, 9.17) is 4.74 Å². The number of carbonyl (C=O) groups is 2. The Morgan fingerprint density at radius 3 is 1.94 bits per heavy atom. The molecule has 1 saturated carbocycles. The van der Waals surface area contributed by atoms with Gasteiger partial charge in [0.1, 0.15) is 11.4 Å². The SMILES string of the molecule is O=C(CCC12CC(c3ccccc3)(c3ccccc3)OC1(O)CCC2=O)c1ccccc1. The van der Waals surface area contributed by atoms with Crippen LogP contribution in [0.2, 0.25) is 0 Å². The Balaban J connectivity index is 1.56. The summed E-state index contributed by atoms with van der Waals surface area (Å²) in [4.78, 5) is 26.2. The molecule has 4 nitrogen and oxygen atoms in total. The Labute approximate surface area is 187 Å². The largest absolute Gasteiger partial charge is 0.365 e. The van der Waals surface area contributed by atoms with Crippen LogP contribution in [-0.4, -0.2) is 22.5 Å². The van der Waals surface area contributed by atoms with Gasteiger partial charge in [-0.1, -0.05) is 91.0 Å². The molecule has 2 unspecified atom stereocenters. The van der Waals surface area contributed by atoms with Crippen LogP contribution in [-0.2, 0) is 15.1 Å². The smallest absolute Gasteiger partial charge is 0.180 e. The molecule has 0 bridgehead atoms. The van der Waals surface area contributed by atoms with Crippen LogP contribution in [0, 0.1) is 5.41 Å². The minimum atomic E-state index is -1.60. The van der Waals surface area contributed by atoms with Crippen LogP contribution < -0.4 is 0 Å². The highest BCUT2D eigenvalue weighted by Gasteiger charge is 2.70. The highest BCUT2D eigenvalue weighted by Crippen LogP contribution is 2.64. The maximum Gasteiger partial charge on any atom is 0.180 e. The van der Waals surface area contributed by atoms with Gasteiger partial charge in [0.05, 0.1) is 5.41 Å². The summed E-state index contributed by atoms with van der Waals surface area (Å²) in [5.41, 5.74) is 0.340. The number of benzene rings is 3. The van der Waals surface area contributed by atoms with E-state index in [2.05, 4.69) is 0 Å². The van der Waals surface area contributed by atoms with Crippen LogP contribution in [0.3, 0.4) is 0 Å². The highest BCUT2D eigenvalue weighted by atomic mass is 16.7. The lowest BCUT2D eigenvalue weighted by atomic mass is 9.69. The molecule has 0 amide bonds. The van der Waals surface area contributed by atoms with Crippen molar-refractivity contribution in [1.29, 1.82) is 0 Å². The highest BCUT2D eigenvalue weighted by molar-refractivity contribution is 5.97. The molecule has 1 saturated heterocycles. The predicted molar refractivity (Wildman–Crippen MR) is 121 cm³/mol. The third kappa shape index (κ3) is 3.14. The Hall–Kier alpha value is -3.08. The molecule has 1 aliphatic heterocycles. The maximum atomic E-state index is 13.3. The van der Waals surface area contributed by atoms with Crippen molar-refractivity contribution in [3.05, 3.63) is 108 Å². The second-order valence-electron chi connectivity index (χ2n) is 8.92. The molecule has 1 heterocycles. The summed E-state index contributed by atoms with van der Waals surface area (Å²) in [6.07, 6.45) is 1.26. The van der Waals surface area contributed by atoms with Gasteiger partial charge in [0, 0.05) is 31.2 Å². The van der Waals surface area contributed by atoms with Gasteiger partial charge in [-0.25, -0.2) is 0 Å². The minimum absolute atomic E-state index is 0.0189. The van der Waals surface area contributed by atoms with Crippen LogP contribution in [0.5, 0.6) is 0 Å². The number of hydrogen-bond acceptors (Lipinski definition) is 4. The van der Waals surface area contributed by atoms with Crippen molar-refractivity contribution in [1.82, 2.24) is 0 Å². The molecular formula is C28H26O4.